The van der Waals surface area contributed by atoms with E-state index in [1.54, 1.807) is 6.92 Å². The van der Waals surface area contributed by atoms with Crippen LogP contribution in [0.15, 0.2) is 24.7 Å². The number of pyridine rings is 1. The standard InChI is InChI=1S/C22H26F6N4O/c1-12(2)13(3)5-6-14(4)19(33)30-9-16-7-15(8-29-18(16)21(23,24)25)17-10-31-20(32-11-17)22(26,27)28/h7-8,10-14H,5-6,9H2,1-4H3,(H,30,33). The number of hydrogen-bond donors (Lipinski definition) is 1. The number of rotatable bonds is 8. The molecule has 5 nitrogen and oxygen atoms in total. The van der Waals surface area contributed by atoms with E-state index < -0.39 is 30.4 Å². The van der Waals surface area contributed by atoms with E-state index in [1.165, 1.54) is 0 Å². The van der Waals surface area contributed by atoms with Gasteiger partial charge in [0.1, 0.15) is 5.69 Å². The van der Waals surface area contributed by atoms with E-state index in [0.717, 1.165) is 31.1 Å². The zero-order chi connectivity index (χ0) is 25.0. The maximum atomic E-state index is 13.4. The molecule has 2 rings (SSSR count). The average Bonchev–Trinajstić information content (AvgIpc) is 2.73. The van der Waals surface area contributed by atoms with Crippen LogP contribution in [0.4, 0.5) is 26.3 Å². The lowest BCUT2D eigenvalue weighted by molar-refractivity contribution is -0.145. The van der Waals surface area contributed by atoms with Crippen LogP contribution in [-0.4, -0.2) is 20.9 Å². The first-order valence-electron chi connectivity index (χ1n) is 10.4. The molecule has 0 saturated carbocycles. The number of halogens is 6. The number of hydrogen-bond acceptors (Lipinski definition) is 4. The molecule has 182 valence electrons. The number of carbonyl (C=O) groups excluding carboxylic acids is 1. The predicted octanol–water partition coefficient (Wildman–Crippen LogP) is 5.90. The largest absolute Gasteiger partial charge is 0.451 e. The molecule has 2 unspecified atom stereocenters. The van der Waals surface area contributed by atoms with Gasteiger partial charge in [-0.15, -0.1) is 0 Å². The summed E-state index contributed by atoms with van der Waals surface area (Å²) in [5.41, 5.74) is -1.33. The minimum absolute atomic E-state index is 0.0628. The highest BCUT2D eigenvalue weighted by Crippen LogP contribution is 2.33. The van der Waals surface area contributed by atoms with Gasteiger partial charge in [-0.25, -0.2) is 9.97 Å². The van der Waals surface area contributed by atoms with Crippen molar-refractivity contribution in [1.82, 2.24) is 20.3 Å². The minimum Gasteiger partial charge on any atom is -0.352 e. The molecule has 1 amide bonds. The molecular formula is C22H26F6N4O. The van der Waals surface area contributed by atoms with Gasteiger partial charge in [0.15, 0.2) is 0 Å². The van der Waals surface area contributed by atoms with Crippen molar-refractivity contribution < 1.29 is 31.1 Å². The molecule has 0 bridgehead atoms. The van der Waals surface area contributed by atoms with Gasteiger partial charge >= 0.3 is 12.4 Å². The van der Waals surface area contributed by atoms with Crippen LogP contribution in [0.1, 0.15) is 57.6 Å². The topological polar surface area (TPSA) is 67.8 Å². The monoisotopic (exact) mass is 476 g/mol. The number of nitrogens with zero attached hydrogens (tertiary/aromatic N) is 3. The maximum Gasteiger partial charge on any atom is 0.451 e. The highest BCUT2D eigenvalue weighted by atomic mass is 19.4. The van der Waals surface area contributed by atoms with Gasteiger partial charge in [0.05, 0.1) is 0 Å². The van der Waals surface area contributed by atoms with Crippen molar-refractivity contribution in [2.24, 2.45) is 17.8 Å². The van der Waals surface area contributed by atoms with Gasteiger partial charge in [-0.2, -0.15) is 26.3 Å². The SMILES string of the molecule is CC(CCC(C)C(C)C)C(=O)NCc1cc(-c2cnc(C(F)(F)F)nc2)cnc1C(F)(F)F. The van der Waals surface area contributed by atoms with Crippen LogP contribution in [0.25, 0.3) is 11.1 Å². The van der Waals surface area contributed by atoms with Crippen molar-refractivity contribution in [2.75, 3.05) is 0 Å². The Balaban J connectivity index is 2.20. The zero-order valence-corrected chi connectivity index (χ0v) is 18.7. The molecule has 11 heteroatoms. The molecule has 2 aromatic heterocycles. The first-order chi connectivity index (χ1) is 15.2. The van der Waals surface area contributed by atoms with Crippen molar-refractivity contribution in [2.45, 2.75) is 59.4 Å². The Kier molecular flexibility index (Phi) is 8.42. The van der Waals surface area contributed by atoms with Crippen LogP contribution >= 0.6 is 0 Å². The fourth-order valence-electron chi connectivity index (χ4n) is 3.02. The summed E-state index contributed by atoms with van der Waals surface area (Å²) in [5, 5.41) is 2.51. The highest BCUT2D eigenvalue weighted by molar-refractivity contribution is 5.78. The molecule has 0 aliphatic heterocycles. The van der Waals surface area contributed by atoms with E-state index >= 15 is 0 Å². The second-order valence-corrected chi connectivity index (χ2v) is 8.44. The molecule has 0 radical (unpaired) electrons. The lowest BCUT2D eigenvalue weighted by atomic mass is 9.90. The number of carbonyl (C=O) groups is 1. The molecule has 33 heavy (non-hydrogen) atoms. The summed E-state index contributed by atoms with van der Waals surface area (Å²) in [6.07, 6.45) is -5.50. The Hall–Kier alpha value is -2.72. The quantitative estimate of drug-likeness (QED) is 0.482. The second kappa shape index (κ2) is 10.5. The molecule has 2 aromatic rings. The fourth-order valence-corrected chi connectivity index (χ4v) is 3.02. The number of amides is 1. The molecule has 2 atom stereocenters. The third-order valence-electron chi connectivity index (χ3n) is 5.57. The zero-order valence-electron chi connectivity index (χ0n) is 18.7. The van der Waals surface area contributed by atoms with Crippen LogP contribution in [0.3, 0.4) is 0 Å². The molecule has 0 fully saturated rings. The Bertz CT molecular complexity index is 941. The van der Waals surface area contributed by atoms with Crippen molar-refractivity contribution in [1.29, 1.82) is 0 Å². The third-order valence-corrected chi connectivity index (χ3v) is 5.57. The summed E-state index contributed by atoms with van der Waals surface area (Å²) in [5.74, 6) is -1.27. The summed E-state index contributed by atoms with van der Waals surface area (Å²) in [4.78, 5) is 22.3. The van der Waals surface area contributed by atoms with Crippen LogP contribution in [0, 0.1) is 17.8 Å². The lowest BCUT2D eigenvalue weighted by Crippen LogP contribution is -2.30. The summed E-state index contributed by atoms with van der Waals surface area (Å²) >= 11 is 0. The van der Waals surface area contributed by atoms with Gasteiger partial charge in [0.2, 0.25) is 11.7 Å². The highest BCUT2D eigenvalue weighted by Gasteiger charge is 2.36. The molecule has 0 aliphatic rings. The molecule has 1 N–H and O–H groups in total. The number of aromatic nitrogens is 3. The Labute approximate surface area is 188 Å². The Morgan fingerprint density at radius 3 is 1.97 bits per heavy atom. The first-order valence-corrected chi connectivity index (χ1v) is 10.4. The van der Waals surface area contributed by atoms with E-state index in [9.17, 15) is 31.1 Å². The van der Waals surface area contributed by atoms with Crippen molar-refractivity contribution in [3.05, 3.63) is 41.7 Å². The van der Waals surface area contributed by atoms with E-state index in [1.807, 2.05) is 0 Å². The van der Waals surface area contributed by atoms with Gasteiger partial charge in [-0.05, 0) is 30.7 Å². The van der Waals surface area contributed by atoms with Gasteiger partial charge in [0, 0.05) is 47.7 Å². The van der Waals surface area contributed by atoms with Crippen molar-refractivity contribution in [3.63, 3.8) is 0 Å². The fraction of sp³-hybridized carbons (Fsp3) is 0.545. The predicted molar refractivity (Wildman–Crippen MR) is 110 cm³/mol. The van der Waals surface area contributed by atoms with Crippen LogP contribution < -0.4 is 5.32 Å². The summed E-state index contributed by atoms with van der Waals surface area (Å²) in [7, 11) is 0. The van der Waals surface area contributed by atoms with Crippen LogP contribution in [-0.2, 0) is 23.7 Å². The summed E-state index contributed by atoms with van der Waals surface area (Å²) < 4.78 is 78.2. The number of nitrogens with one attached hydrogen (secondary N) is 1. The maximum absolute atomic E-state index is 13.4. The van der Waals surface area contributed by atoms with Crippen LogP contribution in [0.5, 0.6) is 0 Å². The van der Waals surface area contributed by atoms with Gasteiger partial charge in [-0.3, -0.25) is 9.78 Å². The second-order valence-electron chi connectivity index (χ2n) is 8.44. The summed E-state index contributed by atoms with van der Waals surface area (Å²) in [6.45, 7) is 7.51. The molecule has 0 saturated heterocycles. The Morgan fingerprint density at radius 1 is 0.879 bits per heavy atom. The van der Waals surface area contributed by atoms with Gasteiger partial charge in [-0.1, -0.05) is 27.7 Å². The van der Waals surface area contributed by atoms with Crippen molar-refractivity contribution >= 4 is 5.91 Å². The lowest BCUT2D eigenvalue weighted by Gasteiger charge is -2.19. The number of alkyl halides is 6. The normalized spacial score (nSPS) is 14.3. The van der Waals surface area contributed by atoms with Crippen LogP contribution in [0.2, 0.25) is 0 Å². The van der Waals surface area contributed by atoms with Gasteiger partial charge in [0.25, 0.3) is 0 Å². The minimum atomic E-state index is -4.77. The molecule has 0 spiro atoms. The summed E-state index contributed by atoms with van der Waals surface area (Å²) in [6, 6.07) is 1.12. The average molecular weight is 476 g/mol. The van der Waals surface area contributed by atoms with E-state index in [4.69, 9.17) is 0 Å². The third kappa shape index (κ3) is 7.40. The molecule has 0 aliphatic carbocycles. The van der Waals surface area contributed by atoms with E-state index in [0.29, 0.717) is 18.3 Å². The Morgan fingerprint density at radius 2 is 1.45 bits per heavy atom. The first kappa shape index (κ1) is 26.5. The van der Waals surface area contributed by atoms with Crippen molar-refractivity contribution in [3.8, 4) is 11.1 Å². The molecule has 0 aromatic carbocycles. The smallest absolute Gasteiger partial charge is 0.352 e. The van der Waals surface area contributed by atoms with Gasteiger partial charge < -0.3 is 5.32 Å². The molecular weight excluding hydrogens is 450 g/mol. The molecule has 2 heterocycles. The van der Waals surface area contributed by atoms with E-state index in [-0.39, 0.29) is 28.5 Å². The van der Waals surface area contributed by atoms with E-state index in [2.05, 4.69) is 41.0 Å².